The van der Waals surface area contributed by atoms with Crippen LogP contribution in [-0.4, -0.2) is 18.8 Å². The summed E-state index contributed by atoms with van der Waals surface area (Å²) in [6.45, 7) is 4.06. The Kier molecular flexibility index (Phi) is 3.99. The van der Waals surface area contributed by atoms with Crippen LogP contribution in [0, 0.1) is 25.2 Å². The predicted octanol–water partition coefficient (Wildman–Crippen LogP) is 3.18. The molecule has 0 saturated carbocycles. The molecule has 0 saturated heterocycles. The van der Waals surface area contributed by atoms with E-state index in [1.807, 2.05) is 32.0 Å². The molecule has 0 N–H and O–H groups in total. The first-order valence-electron chi connectivity index (χ1n) is 6.39. The molecular formula is C16H18N2O2. The Morgan fingerprint density at radius 2 is 1.80 bits per heavy atom. The Hall–Kier alpha value is -2.41. The van der Waals surface area contributed by atoms with E-state index in [-0.39, 0.29) is 0 Å². The molecule has 1 aromatic heterocycles. The van der Waals surface area contributed by atoms with Crippen LogP contribution in [-0.2, 0) is 6.42 Å². The first kappa shape index (κ1) is 14.0. The number of ether oxygens (including phenoxy) is 2. The lowest BCUT2D eigenvalue weighted by Crippen LogP contribution is -2.01. The van der Waals surface area contributed by atoms with Crippen LogP contribution in [0.5, 0.6) is 11.5 Å². The smallest absolute Gasteiger partial charge is 0.162 e. The maximum absolute atomic E-state index is 8.87. The molecular weight excluding hydrogens is 252 g/mol. The molecule has 104 valence electrons. The van der Waals surface area contributed by atoms with E-state index in [4.69, 9.17) is 14.7 Å². The quantitative estimate of drug-likeness (QED) is 0.857. The van der Waals surface area contributed by atoms with Crippen LogP contribution in [0.1, 0.15) is 17.0 Å². The van der Waals surface area contributed by atoms with Crippen LogP contribution in [0.15, 0.2) is 24.3 Å². The van der Waals surface area contributed by atoms with Crippen molar-refractivity contribution in [2.24, 2.45) is 0 Å². The third-order valence-corrected chi connectivity index (χ3v) is 3.43. The fourth-order valence-electron chi connectivity index (χ4n) is 2.45. The molecule has 2 rings (SSSR count). The normalized spacial score (nSPS) is 10.2. The van der Waals surface area contributed by atoms with E-state index in [2.05, 4.69) is 16.7 Å². The van der Waals surface area contributed by atoms with Crippen molar-refractivity contribution in [1.29, 1.82) is 5.26 Å². The second-order valence-electron chi connectivity index (χ2n) is 4.61. The average Bonchev–Trinajstić information content (AvgIpc) is 2.73. The SMILES string of the molecule is COc1ccc(-n2c(C)cc(CC#N)c2C)cc1OC. The highest BCUT2D eigenvalue weighted by Gasteiger charge is 2.12. The average molecular weight is 270 g/mol. The second kappa shape index (κ2) is 5.70. The fourth-order valence-corrected chi connectivity index (χ4v) is 2.45. The molecule has 1 aromatic carbocycles. The predicted molar refractivity (Wildman–Crippen MR) is 77.7 cm³/mol. The van der Waals surface area contributed by atoms with Gasteiger partial charge in [0.25, 0.3) is 0 Å². The van der Waals surface area contributed by atoms with E-state index in [0.29, 0.717) is 17.9 Å². The lowest BCUT2D eigenvalue weighted by Gasteiger charge is -2.13. The maximum Gasteiger partial charge on any atom is 0.162 e. The minimum Gasteiger partial charge on any atom is -0.493 e. The summed E-state index contributed by atoms with van der Waals surface area (Å²) in [6, 6.07) is 10.1. The van der Waals surface area contributed by atoms with Crippen LogP contribution >= 0.6 is 0 Å². The van der Waals surface area contributed by atoms with Gasteiger partial charge in [-0.1, -0.05) is 0 Å². The van der Waals surface area contributed by atoms with Crippen molar-refractivity contribution in [2.45, 2.75) is 20.3 Å². The molecule has 0 bridgehead atoms. The molecule has 2 aromatic rings. The zero-order valence-electron chi connectivity index (χ0n) is 12.2. The zero-order chi connectivity index (χ0) is 14.7. The lowest BCUT2D eigenvalue weighted by atomic mass is 10.2. The minimum atomic E-state index is 0.424. The van der Waals surface area contributed by atoms with E-state index in [1.54, 1.807) is 14.2 Å². The Morgan fingerprint density at radius 1 is 1.10 bits per heavy atom. The first-order chi connectivity index (χ1) is 9.62. The van der Waals surface area contributed by atoms with Gasteiger partial charge in [-0.2, -0.15) is 5.26 Å². The highest BCUT2D eigenvalue weighted by molar-refractivity contribution is 5.51. The van der Waals surface area contributed by atoms with Gasteiger partial charge < -0.3 is 14.0 Å². The van der Waals surface area contributed by atoms with E-state index < -0.39 is 0 Å². The van der Waals surface area contributed by atoms with Gasteiger partial charge in [-0.15, -0.1) is 0 Å². The molecule has 0 aliphatic heterocycles. The molecule has 4 nitrogen and oxygen atoms in total. The highest BCUT2D eigenvalue weighted by Crippen LogP contribution is 2.31. The number of benzene rings is 1. The Morgan fingerprint density at radius 3 is 2.40 bits per heavy atom. The summed E-state index contributed by atoms with van der Waals surface area (Å²) in [5.74, 6) is 1.40. The van der Waals surface area contributed by atoms with Gasteiger partial charge in [0, 0.05) is 23.1 Å². The molecule has 0 spiro atoms. The van der Waals surface area contributed by atoms with Crippen molar-refractivity contribution in [3.63, 3.8) is 0 Å². The number of nitrogens with zero attached hydrogens (tertiary/aromatic N) is 2. The molecule has 0 atom stereocenters. The summed E-state index contributed by atoms with van der Waals surface area (Å²) in [7, 11) is 3.24. The van der Waals surface area contributed by atoms with Crippen LogP contribution in [0.3, 0.4) is 0 Å². The van der Waals surface area contributed by atoms with Gasteiger partial charge in [-0.25, -0.2) is 0 Å². The van der Waals surface area contributed by atoms with Crippen LogP contribution in [0.2, 0.25) is 0 Å². The summed E-state index contributed by atoms with van der Waals surface area (Å²) in [4.78, 5) is 0. The van der Waals surface area contributed by atoms with Crippen molar-refractivity contribution in [1.82, 2.24) is 4.57 Å². The summed E-state index contributed by atoms with van der Waals surface area (Å²) in [5, 5.41) is 8.87. The number of rotatable bonds is 4. The molecule has 0 aliphatic carbocycles. The van der Waals surface area contributed by atoms with Crippen LogP contribution < -0.4 is 9.47 Å². The first-order valence-corrected chi connectivity index (χ1v) is 6.39. The van der Waals surface area contributed by atoms with Crippen LogP contribution in [0.4, 0.5) is 0 Å². The number of hydrogen-bond acceptors (Lipinski definition) is 3. The molecule has 4 heteroatoms. The van der Waals surface area contributed by atoms with Crippen molar-refractivity contribution in [3.05, 3.63) is 41.2 Å². The lowest BCUT2D eigenvalue weighted by molar-refractivity contribution is 0.355. The summed E-state index contributed by atoms with van der Waals surface area (Å²) in [6.07, 6.45) is 0.424. The number of hydrogen-bond donors (Lipinski definition) is 0. The van der Waals surface area contributed by atoms with Gasteiger partial charge in [-0.05, 0) is 37.6 Å². The van der Waals surface area contributed by atoms with Gasteiger partial charge >= 0.3 is 0 Å². The molecule has 0 amide bonds. The third-order valence-electron chi connectivity index (χ3n) is 3.43. The summed E-state index contributed by atoms with van der Waals surface area (Å²) < 4.78 is 12.7. The molecule has 0 unspecified atom stereocenters. The molecule has 20 heavy (non-hydrogen) atoms. The molecule has 1 heterocycles. The molecule has 0 fully saturated rings. The number of nitriles is 1. The summed E-state index contributed by atoms with van der Waals surface area (Å²) >= 11 is 0. The Balaban J connectivity index is 2.54. The maximum atomic E-state index is 8.87. The van der Waals surface area contributed by atoms with E-state index >= 15 is 0 Å². The zero-order valence-corrected chi connectivity index (χ0v) is 12.2. The molecule has 0 aliphatic rings. The van der Waals surface area contributed by atoms with Crippen molar-refractivity contribution >= 4 is 0 Å². The van der Waals surface area contributed by atoms with Gasteiger partial charge in [0.1, 0.15) is 0 Å². The number of methoxy groups -OCH3 is 2. The van der Waals surface area contributed by atoms with Crippen molar-refractivity contribution in [2.75, 3.05) is 14.2 Å². The minimum absolute atomic E-state index is 0.424. The van der Waals surface area contributed by atoms with Gasteiger partial charge in [-0.3, -0.25) is 0 Å². The van der Waals surface area contributed by atoms with E-state index in [9.17, 15) is 0 Å². The Bertz CT molecular complexity index is 666. The van der Waals surface area contributed by atoms with Crippen molar-refractivity contribution < 1.29 is 9.47 Å². The van der Waals surface area contributed by atoms with E-state index in [0.717, 1.165) is 22.6 Å². The number of aryl methyl sites for hydroxylation is 1. The largest absolute Gasteiger partial charge is 0.493 e. The number of aromatic nitrogens is 1. The third kappa shape index (κ3) is 2.35. The monoisotopic (exact) mass is 270 g/mol. The van der Waals surface area contributed by atoms with Gasteiger partial charge in [0.2, 0.25) is 0 Å². The molecule has 0 radical (unpaired) electrons. The van der Waals surface area contributed by atoms with Crippen molar-refractivity contribution in [3.8, 4) is 23.3 Å². The van der Waals surface area contributed by atoms with E-state index in [1.165, 1.54) is 0 Å². The van der Waals surface area contributed by atoms with Crippen LogP contribution in [0.25, 0.3) is 5.69 Å². The fraction of sp³-hybridized carbons (Fsp3) is 0.312. The summed E-state index contributed by atoms with van der Waals surface area (Å²) in [5.41, 5.74) is 4.23. The standard InChI is InChI=1S/C16H18N2O2/c1-11-9-13(7-8-17)12(2)18(11)14-5-6-15(19-3)16(10-14)20-4/h5-6,9-10H,7H2,1-4H3. The Labute approximate surface area is 119 Å². The second-order valence-corrected chi connectivity index (χ2v) is 4.61. The highest BCUT2D eigenvalue weighted by atomic mass is 16.5. The van der Waals surface area contributed by atoms with Gasteiger partial charge in [0.15, 0.2) is 11.5 Å². The topological polar surface area (TPSA) is 47.2 Å². The van der Waals surface area contributed by atoms with Gasteiger partial charge in [0.05, 0.1) is 26.7 Å².